The van der Waals surface area contributed by atoms with E-state index in [4.69, 9.17) is 5.11 Å². The molecule has 1 aliphatic rings. The van der Waals surface area contributed by atoms with Gasteiger partial charge < -0.3 is 9.67 Å². The summed E-state index contributed by atoms with van der Waals surface area (Å²) in [4.78, 5) is 10.9. The second-order valence-corrected chi connectivity index (χ2v) is 4.78. The van der Waals surface area contributed by atoms with Crippen LogP contribution in [-0.4, -0.2) is 15.6 Å². The Kier molecular flexibility index (Phi) is 3.32. The Morgan fingerprint density at radius 1 is 1.44 bits per heavy atom. The van der Waals surface area contributed by atoms with Crippen molar-refractivity contribution in [3.05, 3.63) is 23.5 Å². The van der Waals surface area contributed by atoms with E-state index in [0.29, 0.717) is 5.56 Å². The number of aromatic nitrogens is 1. The van der Waals surface area contributed by atoms with Gasteiger partial charge in [-0.05, 0) is 31.7 Å². The standard InChI is InChI=1S/C13H19NO2/c1-10-12(13(15)16)7-8-14(10)9-11-5-3-2-4-6-11/h7-8,11H,2-6,9H2,1H3,(H,15,16). The van der Waals surface area contributed by atoms with Gasteiger partial charge in [0.25, 0.3) is 0 Å². The Hall–Kier alpha value is -1.25. The van der Waals surface area contributed by atoms with Gasteiger partial charge in [0, 0.05) is 18.4 Å². The molecule has 0 spiro atoms. The predicted octanol–water partition coefficient (Wildman–Crippen LogP) is 3.08. The van der Waals surface area contributed by atoms with Crippen molar-refractivity contribution in [2.75, 3.05) is 0 Å². The molecule has 0 atom stereocenters. The highest BCUT2D eigenvalue weighted by Crippen LogP contribution is 2.26. The molecule has 3 nitrogen and oxygen atoms in total. The number of carboxylic acids is 1. The van der Waals surface area contributed by atoms with Crippen LogP contribution in [0.2, 0.25) is 0 Å². The first kappa shape index (κ1) is 11.2. The molecule has 1 aromatic heterocycles. The highest BCUT2D eigenvalue weighted by molar-refractivity contribution is 5.88. The summed E-state index contributed by atoms with van der Waals surface area (Å²) in [6, 6.07) is 1.71. The summed E-state index contributed by atoms with van der Waals surface area (Å²) in [5.41, 5.74) is 1.33. The number of carboxylic acid groups (broad SMARTS) is 1. The highest BCUT2D eigenvalue weighted by Gasteiger charge is 2.16. The maximum absolute atomic E-state index is 10.9. The van der Waals surface area contributed by atoms with Gasteiger partial charge in [0.15, 0.2) is 0 Å². The average Bonchev–Trinajstić information content (AvgIpc) is 2.62. The van der Waals surface area contributed by atoms with Crippen LogP contribution >= 0.6 is 0 Å². The summed E-state index contributed by atoms with van der Waals surface area (Å²) < 4.78 is 2.10. The van der Waals surface area contributed by atoms with Crippen LogP contribution in [0.3, 0.4) is 0 Å². The van der Waals surface area contributed by atoms with Crippen LogP contribution in [0, 0.1) is 12.8 Å². The zero-order chi connectivity index (χ0) is 11.5. The Labute approximate surface area is 96.1 Å². The van der Waals surface area contributed by atoms with Gasteiger partial charge in [-0.15, -0.1) is 0 Å². The molecular weight excluding hydrogens is 202 g/mol. The predicted molar refractivity (Wildman–Crippen MR) is 62.7 cm³/mol. The lowest BCUT2D eigenvalue weighted by molar-refractivity contribution is 0.0696. The fourth-order valence-electron chi connectivity index (χ4n) is 2.62. The van der Waals surface area contributed by atoms with Crippen LogP contribution in [0.15, 0.2) is 12.3 Å². The molecule has 1 saturated carbocycles. The molecule has 2 rings (SSSR count). The lowest BCUT2D eigenvalue weighted by Gasteiger charge is -2.22. The number of hydrogen-bond acceptors (Lipinski definition) is 1. The molecule has 0 saturated heterocycles. The summed E-state index contributed by atoms with van der Waals surface area (Å²) in [5.74, 6) is -0.0820. The first-order valence-corrected chi connectivity index (χ1v) is 6.07. The monoisotopic (exact) mass is 221 g/mol. The maximum atomic E-state index is 10.9. The lowest BCUT2D eigenvalue weighted by Crippen LogP contribution is -2.14. The molecule has 3 heteroatoms. The van der Waals surface area contributed by atoms with Crippen molar-refractivity contribution < 1.29 is 9.90 Å². The van der Waals surface area contributed by atoms with Crippen LogP contribution in [0.1, 0.15) is 48.2 Å². The van der Waals surface area contributed by atoms with E-state index in [9.17, 15) is 4.79 Å². The highest BCUT2D eigenvalue weighted by atomic mass is 16.4. The molecule has 0 aliphatic heterocycles. The van der Waals surface area contributed by atoms with E-state index in [-0.39, 0.29) is 0 Å². The van der Waals surface area contributed by atoms with E-state index in [1.54, 1.807) is 6.07 Å². The first-order chi connectivity index (χ1) is 7.68. The Bertz CT molecular complexity index is 375. The summed E-state index contributed by atoms with van der Waals surface area (Å²) in [5, 5.41) is 8.97. The summed E-state index contributed by atoms with van der Waals surface area (Å²) in [6.07, 6.45) is 8.52. The summed E-state index contributed by atoms with van der Waals surface area (Å²) >= 11 is 0. The van der Waals surface area contributed by atoms with E-state index >= 15 is 0 Å². The van der Waals surface area contributed by atoms with Gasteiger partial charge in [0.1, 0.15) is 0 Å². The molecule has 16 heavy (non-hydrogen) atoms. The largest absolute Gasteiger partial charge is 0.478 e. The maximum Gasteiger partial charge on any atom is 0.337 e. The minimum absolute atomic E-state index is 0.441. The third-order valence-corrected chi connectivity index (χ3v) is 3.65. The molecular formula is C13H19NO2. The molecule has 1 N–H and O–H groups in total. The second kappa shape index (κ2) is 4.73. The average molecular weight is 221 g/mol. The number of rotatable bonds is 3. The van der Waals surface area contributed by atoms with Crippen molar-refractivity contribution >= 4 is 5.97 Å². The van der Waals surface area contributed by atoms with Crippen LogP contribution in [0.5, 0.6) is 0 Å². The Morgan fingerprint density at radius 2 is 2.12 bits per heavy atom. The van der Waals surface area contributed by atoms with Crippen molar-refractivity contribution in [1.29, 1.82) is 0 Å². The van der Waals surface area contributed by atoms with E-state index in [2.05, 4.69) is 4.57 Å². The fourth-order valence-corrected chi connectivity index (χ4v) is 2.62. The van der Waals surface area contributed by atoms with Gasteiger partial charge in [0.2, 0.25) is 0 Å². The van der Waals surface area contributed by atoms with Crippen LogP contribution in [0.4, 0.5) is 0 Å². The summed E-state index contributed by atoms with van der Waals surface area (Å²) in [6.45, 7) is 2.88. The Morgan fingerprint density at radius 3 is 2.69 bits per heavy atom. The molecule has 1 aliphatic carbocycles. The van der Waals surface area contributed by atoms with Gasteiger partial charge in [-0.3, -0.25) is 0 Å². The number of nitrogens with zero attached hydrogens (tertiary/aromatic N) is 1. The quantitative estimate of drug-likeness (QED) is 0.852. The zero-order valence-corrected chi connectivity index (χ0v) is 9.78. The van der Waals surface area contributed by atoms with Crippen molar-refractivity contribution in [3.63, 3.8) is 0 Å². The van der Waals surface area contributed by atoms with Crippen molar-refractivity contribution in [3.8, 4) is 0 Å². The van der Waals surface area contributed by atoms with E-state index in [0.717, 1.165) is 18.2 Å². The van der Waals surface area contributed by atoms with Crippen molar-refractivity contribution in [1.82, 2.24) is 4.57 Å². The lowest BCUT2D eigenvalue weighted by atomic mass is 9.89. The molecule has 1 aromatic rings. The molecule has 1 heterocycles. The topological polar surface area (TPSA) is 42.2 Å². The van der Waals surface area contributed by atoms with E-state index in [1.807, 2.05) is 13.1 Å². The minimum atomic E-state index is -0.820. The van der Waals surface area contributed by atoms with Crippen LogP contribution in [-0.2, 0) is 6.54 Å². The normalized spacial score (nSPS) is 17.6. The minimum Gasteiger partial charge on any atom is -0.478 e. The third-order valence-electron chi connectivity index (χ3n) is 3.65. The van der Waals surface area contributed by atoms with Crippen molar-refractivity contribution in [2.45, 2.75) is 45.6 Å². The fraction of sp³-hybridized carbons (Fsp3) is 0.615. The molecule has 0 aromatic carbocycles. The van der Waals surface area contributed by atoms with Gasteiger partial charge in [-0.25, -0.2) is 4.79 Å². The first-order valence-electron chi connectivity index (χ1n) is 6.07. The van der Waals surface area contributed by atoms with E-state index < -0.39 is 5.97 Å². The smallest absolute Gasteiger partial charge is 0.337 e. The molecule has 88 valence electrons. The number of aromatic carboxylic acids is 1. The number of carbonyl (C=O) groups is 1. The summed E-state index contributed by atoms with van der Waals surface area (Å²) in [7, 11) is 0. The zero-order valence-electron chi connectivity index (χ0n) is 9.78. The van der Waals surface area contributed by atoms with E-state index in [1.165, 1.54) is 32.1 Å². The Balaban J connectivity index is 2.06. The molecule has 0 radical (unpaired) electrons. The van der Waals surface area contributed by atoms with Gasteiger partial charge in [0.05, 0.1) is 5.56 Å². The molecule has 1 fully saturated rings. The van der Waals surface area contributed by atoms with Crippen LogP contribution in [0.25, 0.3) is 0 Å². The van der Waals surface area contributed by atoms with Crippen LogP contribution < -0.4 is 0 Å². The second-order valence-electron chi connectivity index (χ2n) is 4.78. The molecule has 0 amide bonds. The van der Waals surface area contributed by atoms with Gasteiger partial charge >= 0.3 is 5.97 Å². The van der Waals surface area contributed by atoms with Gasteiger partial charge in [-0.1, -0.05) is 19.3 Å². The SMILES string of the molecule is Cc1c(C(=O)O)ccn1CC1CCCCC1. The third kappa shape index (κ3) is 2.29. The number of hydrogen-bond donors (Lipinski definition) is 1. The van der Waals surface area contributed by atoms with Gasteiger partial charge in [-0.2, -0.15) is 0 Å². The van der Waals surface area contributed by atoms with Crippen molar-refractivity contribution in [2.24, 2.45) is 5.92 Å². The molecule has 0 bridgehead atoms. The molecule has 0 unspecified atom stereocenters.